The number of nitrogens with zero attached hydrogens (tertiary/aromatic N) is 1. The van der Waals surface area contributed by atoms with Crippen molar-refractivity contribution in [2.75, 3.05) is 11.9 Å². The first kappa shape index (κ1) is 12.7. The maximum absolute atomic E-state index is 11.3. The fraction of sp³-hybridized carbons (Fsp3) is 0.0833. The first-order valence-corrected chi connectivity index (χ1v) is 6.40. The second-order valence-electron chi connectivity index (χ2n) is 4.11. The van der Waals surface area contributed by atoms with Crippen LogP contribution in [0.4, 0.5) is 5.69 Å². The van der Waals surface area contributed by atoms with Crippen LogP contribution < -0.4 is 10.1 Å². The van der Waals surface area contributed by atoms with Gasteiger partial charge in [0.25, 0.3) is 5.91 Å². The van der Waals surface area contributed by atoms with Crippen LogP contribution >= 0.6 is 15.9 Å². The van der Waals surface area contributed by atoms with Crippen molar-refractivity contribution in [1.29, 1.82) is 0 Å². The maximum Gasteiger partial charge on any atom is 0.355 e. The molecule has 0 radical (unpaired) electrons. The number of amides is 1. The molecule has 2 heterocycles. The number of ether oxygens (including phenoxy) is 1. The van der Waals surface area contributed by atoms with Crippen molar-refractivity contribution < 1.29 is 19.4 Å². The number of carbonyl (C=O) groups is 2. The standard InChI is InChI=1S/C12H8BrN3O4/c13-9-10(15-16-11(9)12(18)19)5-1-2-7-6(3-5)14-8(17)4-20-7/h1-3H,4H2,(H,14,17)(H,15,16)(H,18,19). The summed E-state index contributed by atoms with van der Waals surface area (Å²) in [7, 11) is 0. The number of anilines is 1. The van der Waals surface area contributed by atoms with Crippen LogP contribution in [0.5, 0.6) is 5.75 Å². The van der Waals surface area contributed by atoms with E-state index in [0.29, 0.717) is 27.2 Å². The van der Waals surface area contributed by atoms with E-state index in [1.165, 1.54) is 0 Å². The number of aromatic carboxylic acids is 1. The zero-order chi connectivity index (χ0) is 14.3. The van der Waals surface area contributed by atoms with Crippen LogP contribution in [0, 0.1) is 0 Å². The van der Waals surface area contributed by atoms with E-state index >= 15 is 0 Å². The van der Waals surface area contributed by atoms with Crippen molar-refractivity contribution in [1.82, 2.24) is 10.2 Å². The number of hydrogen-bond acceptors (Lipinski definition) is 4. The number of rotatable bonds is 2. The Balaban J connectivity index is 2.05. The molecule has 1 aliphatic heterocycles. The lowest BCUT2D eigenvalue weighted by Crippen LogP contribution is -2.25. The van der Waals surface area contributed by atoms with E-state index in [0.717, 1.165) is 0 Å². The molecule has 0 saturated heterocycles. The zero-order valence-corrected chi connectivity index (χ0v) is 11.5. The monoisotopic (exact) mass is 337 g/mol. The number of carboxylic acids is 1. The molecule has 3 rings (SSSR count). The minimum Gasteiger partial charge on any atom is -0.482 e. The number of aromatic nitrogens is 2. The molecule has 8 heteroatoms. The van der Waals surface area contributed by atoms with Crippen LogP contribution in [0.25, 0.3) is 11.3 Å². The number of carbonyl (C=O) groups excluding carboxylic acids is 1. The fourth-order valence-corrected chi connectivity index (χ4v) is 2.47. The van der Waals surface area contributed by atoms with E-state index in [2.05, 4.69) is 31.4 Å². The van der Waals surface area contributed by atoms with Gasteiger partial charge in [-0.15, -0.1) is 0 Å². The highest BCUT2D eigenvalue weighted by Gasteiger charge is 2.20. The summed E-state index contributed by atoms with van der Waals surface area (Å²) in [6, 6.07) is 5.12. The summed E-state index contributed by atoms with van der Waals surface area (Å²) < 4.78 is 5.61. The number of halogens is 1. The smallest absolute Gasteiger partial charge is 0.355 e. The predicted molar refractivity (Wildman–Crippen MR) is 72.8 cm³/mol. The molecule has 1 aliphatic rings. The predicted octanol–water partition coefficient (Wildman–Crippen LogP) is 1.87. The Morgan fingerprint density at radius 1 is 1.45 bits per heavy atom. The summed E-state index contributed by atoms with van der Waals surface area (Å²) in [6.07, 6.45) is 0. The first-order valence-electron chi connectivity index (χ1n) is 5.60. The second-order valence-corrected chi connectivity index (χ2v) is 4.91. The van der Waals surface area contributed by atoms with E-state index in [-0.39, 0.29) is 18.2 Å². The molecule has 0 atom stereocenters. The van der Waals surface area contributed by atoms with Crippen LogP contribution in [-0.2, 0) is 4.79 Å². The Kier molecular flexibility index (Phi) is 2.94. The van der Waals surface area contributed by atoms with Crippen molar-refractivity contribution in [2.45, 2.75) is 0 Å². The van der Waals surface area contributed by atoms with Gasteiger partial charge in [0, 0.05) is 5.56 Å². The lowest BCUT2D eigenvalue weighted by atomic mass is 10.1. The lowest BCUT2D eigenvalue weighted by molar-refractivity contribution is -0.118. The summed E-state index contributed by atoms with van der Waals surface area (Å²) in [4.78, 5) is 22.3. The molecule has 1 aromatic heterocycles. The van der Waals surface area contributed by atoms with Crippen molar-refractivity contribution >= 4 is 33.5 Å². The van der Waals surface area contributed by atoms with E-state index in [9.17, 15) is 9.59 Å². The molecule has 0 aliphatic carbocycles. The molecular weight excluding hydrogens is 330 g/mol. The molecule has 3 N–H and O–H groups in total. The van der Waals surface area contributed by atoms with Crippen LogP contribution in [0.2, 0.25) is 0 Å². The molecule has 0 unspecified atom stereocenters. The summed E-state index contributed by atoms with van der Waals surface area (Å²) >= 11 is 3.20. The largest absolute Gasteiger partial charge is 0.482 e. The van der Waals surface area contributed by atoms with E-state index < -0.39 is 5.97 Å². The maximum atomic E-state index is 11.3. The van der Waals surface area contributed by atoms with Gasteiger partial charge >= 0.3 is 5.97 Å². The van der Waals surface area contributed by atoms with E-state index in [1.54, 1.807) is 18.2 Å². The van der Waals surface area contributed by atoms with Crippen molar-refractivity contribution in [3.8, 4) is 17.0 Å². The number of nitrogens with one attached hydrogen (secondary N) is 2. The van der Waals surface area contributed by atoms with Gasteiger partial charge in [0.2, 0.25) is 0 Å². The Labute approximate surface area is 121 Å². The van der Waals surface area contributed by atoms with Gasteiger partial charge in [0.1, 0.15) is 11.4 Å². The van der Waals surface area contributed by atoms with Crippen LogP contribution in [0.1, 0.15) is 10.5 Å². The van der Waals surface area contributed by atoms with Gasteiger partial charge in [-0.3, -0.25) is 9.89 Å². The molecule has 7 nitrogen and oxygen atoms in total. The van der Waals surface area contributed by atoms with Gasteiger partial charge in [0.15, 0.2) is 12.3 Å². The molecule has 20 heavy (non-hydrogen) atoms. The minimum atomic E-state index is -1.11. The van der Waals surface area contributed by atoms with Gasteiger partial charge in [0.05, 0.1) is 10.2 Å². The van der Waals surface area contributed by atoms with Crippen molar-refractivity contribution in [2.24, 2.45) is 0 Å². The van der Waals surface area contributed by atoms with Gasteiger partial charge in [-0.2, -0.15) is 5.10 Å². The molecule has 2 aromatic rings. The highest BCUT2D eigenvalue weighted by atomic mass is 79.9. The van der Waals surface area contributed by atoms with Crippen LogP contribution in [0.15, 0.2) is 22.7 Å². The minimum absolute atomic E-state index is 0.0123. The van der Waals surface area contributed by atoms with E-state index in [1.807, 2.05) is 0 Å². The molecule has 1 amide bonds. The Hall–Kier alpha value is -2.35. The summed E-state index contributed by atoms with van der Waals surface area (Å²) in [6.45, 7) is -0.0123. The third kappa shape index (κ3) is 2.03. The molecule has 0 spiro atoms. The van der Waals surface area contributed by atoms with Gasteiger partial charge in [-0.25, -0.2) is 4.79 Å². The first-order chi connectivity index (χ1) is 9.56. The Morgan fingerprint density at radius 2 is 2.25 bits per heavy atom. The molecular formula is C12H8BrN3O4. The quantitative estimate of drug-likeness (QED) is 0.775. The highest BCUT2D eigenvalue weighted by Crippen LogP contribution is 2.35. The van der Waals surface area contributed by atoms with E-state index in [4.69, 9.17) is 9.84 Å². The van der Waals surface area contributed by atoms with Crippen molar-refractivity contribution in [3.05, 3.63) is 28.4 Å². The van der Waals surface area contributed by atoms with Crippen LogP contribution in [-0.4, -0.2) is 33.8 Å². The number of carboxylic acid groups (broad SMARTS) is 1. The summed E-state index contributed by atoms with van der Waals surface area (Å²) in [5.74, 6) is -0.773. The molecule has 0 saturated carbocycles. The molecule has 0 bridgehead atoms. The molecule has 102 valence electrons. The SMILES string of the molecule is O=C1COc2ccc(-c3n[nH]c(C(=O)O)c3Br)cc2N1. The molecule has 0 fully saturated rings. The van der Waals surface area contributed by atoms with Crippen LogP contribution in [0.3, 0.4) is 0 Å². The Morgan fingerprint density at radius 3 is 2.95 bits per heavy atom. The summed E-state index contributed by atoms with van der Waals surface area (Å²) in [5.41, 5.74) is 1.61. The highest BCUT2D eigenvalue weighted by molar-refractivity contribution is 9.10. The fourth-order valence-electron chi connectivity index (χ4n) is 1.89. The number of benzene rings is 1. The topological polar surface area (TPSA) is 104 Å². The number of aromatic amines is 1. The lowest BCUT2D eigenvalue weighted by Gasteiger charge is -2.18. The number of fused-ring (bicyclic) bond motifs is 1. The average molecular weight is 338 g/mol. The van der Waals surface area contributed by atoms with Gasteiger partial charge in [-0.05, 0) is 34.1 Å². The Bertz CT molecular complexity index is 725. The third-order valence-corrected chi connectivity index (χ3v) is 3.58. The number of hydrogen-bond donors (Lipinski definition) is 3. The van der Waals surface area contributed by atoms with Gasteiger partial charge in [-0.1, -0.05) is 0 Å². The summed E-state index contributed by atoms with van der Waals surface area (Å²) in [5, 5.41) is 18.1. The average Bonchev–Trinajstić information content (AvgIpc) is 2.80. The molecule has 1 aromatic carbocycles. The third-order valence-electron chi connectivity index (χ3n) is 2.81. The second kappa shape index (κ2) is 4.64. The van der Waals surface area contributed by atoms with Gasteiger partial charge < -0.3 is 15.2 Å². The van der Waals surface area contributed by atoms with Crippen molar-refractivity contribution in [3.63, 3.8) is 0 Å². The number of H-pyrrole nitrogens is 1. The normalized spacial score (nSPS) is 13.3. The zero-order valence-electron chi connectivity index (χ0n) is 9.94.